The molecule has 2 N–H and O–H groups in total. The van der Waals surface area contributed by atoms with E-state index in [0.717, 1.165) is 13.0 Å². The topological polar surface area (TPSA) is 32.3 Å². The first kappa shape index (κ1) is 11.3. The Morgan fingerprint density at radius 1 is 0.909 bits per heavy atom. The zero-order chi connectivity index (χ0) is 8.36. The Morgan fingerprint density at radius 3 is 2.00 bits per heavy atom. The lowest BCUT2D eigenvalue weighted by Crippen LogP contribution is -2.00. The molecule has 3 heteroatoms. The highest BCUT2D eigenvalue weighted by atomic mass is 32.1. The standard InChI is InChI=1S/C8H19NOS/c10-8-6-4-2-1-3-5-7-9-11/h9-11H,1-8H2. The average molecular weight is 177 g/mol. The summed E-state index contributed by atoms with van der Waals surface area (Å²) in [5.74, 6) is 0. The monoisotopic (exact) mass is 177 g/mol. The SMILES string of the molecule is OCCCCCCCCNS. The third kappa shape index (κ3) is 10.3. The number of hydrogen-bond acceptors (Lipinski definition) is 3. The smallest absolute Gasteiger partial charge is 0.0431 e. The molecule has 0 aliphatic carbocycles. The molecular weight excluding hydrogens is 158 g/mol. The summed E-state index contributed by atoms with van der Waals surface area (Å²) >= 11 is 3.90. The summed E-state index contributed by atoms with van der Waals surface area (Å²) in [5, 5.41) is 8.49. The average Bonchev–Trinajstić information content (AvgIpc) is 2.03. The van der Waals surface area contributed by atoms with E-state index < -0.39 is 0 Å². The molecule has 0 atom stereocenters. The summed E-state index contributed by atoms with van der Waals surface area (Å²) in [7, 11) is 0. The van der Waals surface area contributed by atoms with Crippen molar-refractivity contribution in [2.45, 2.75) is 38.5 Å². The summed E-state index contributed by atoms with van der Waals surface area (Å²) in [6.45, 7) is 1.35. The second-order valence-electron chi connectivity index (χ2n) is 2.75. The molecule has 0 aliphatic heterocycles. The van der Waals surface area contributed by atoms with Gasteiger partial charge < -0.3 is 5.11 Å². The molecule has 0 radical (unpaired) electrons. The van der Waals surface area contributed by atoms with Crippen LogP contribution in [0.1, 0.15) is 38.5 Å². The van der Waals surface area contributed by atoms with E-state index in [1.165, 1.54) is 32.1 Å². The second kappa shape index (κ2) is 10.3. The van der Waals surface area contributed by atoms with Crippen molar-refractivity contribution in [1.82, 2.24) is 4.72 Å². The molecule has 0 heterocycles. The van der Waals surface area contributed by atoms with Gasteiger partial charge >= 0.3 is 0 Å². The maximum atomic E-state index is 8.49. The molecule has 68 valence electrons. The third-order valence-corrected chi connectivity index (χ3v) is 1.92. The molecule has 11 heavy (non-hydrogen) atoms. The van der Waals surface area contributed by atoms with Crippen molar-refractivity contribution < 1.29 is 5.11 Å². The number of hydrogen-bond donors (Lipinski definition) is 3. The van der Waals surface area contributed by atoms with Crippen LogP contribution in [0.5, 0.6) is 0 Å². The first-order valence-electron chi connectivity index (χ1n) is 4.39. The largest absolute Gasteiger partial charge is 0.396 e. The van der Waals surface area contributed by atoms with Crippen LogP contribution in [-0.4, -0.2) is 18.3 Å². The van der Waals surface area contributed by atoms with E-state index in [1.54, 1.807) is 0 Å². The highest BCUT2D eigenvalue weighted by Gasteiger charge is 1.89. The van der Waals surface area contributed by atoms with Crippen molar-refractivity contribution in [1.29, 1.82) is 0 Å². The van der Waals surface area contributed by atoms with E-state index in [4.69, 9.17) is 5.11 Å². The highest BCUT2D eigenvalue weighted by molar-refractivity contribution is 7.78. The Labute approximate surface area is 74.9 Å². The van der Waals surface area contributed by atoms with E-state index in [9.17, 15) is 0 Å². The molecule has 0 aromatic carbocycles. The third-order valence-electron chi connectivity index (χ3n) is 1.70. The predicted octanol–water partition coefficient (Wildman–Crippen LogP) is 1.75. The van der Waals surface area contributed by atoms with Gasteiger partial charge in [0.05, 0.1) is 0 Å². The highest BCUT2D eigenvalue weighted by Crippen LogP contribution is 2.04. The number of thiol groups is 1. The van der Waals surface area contributed by atoms with Gasteiger partial charge in [-0.3, -0.25) is 4.72 Å². The van der Waals surface area contributed by atoms with Crippen LogP contribution in [0.15, 0.2) is 0 Å². The summed E-state index contributed by atoms with van der Waals surface area (Å²) in [5.41, 5.74) is 0. The lowest BCUT2D eigenvalue weighted by Gasteiger charge is -1.99. The summed E-state index contributed by atoms with van der Waals surface area (Å²) in [4.78, 5) is 0. The maximum absolute atomic E-state index is 8.49. The lowest BCUT2D eigenvalue weighted by molar-refractivity contribution is 0.282. The van der Waals surface area contributed by atoms with Crippen LogP contribution < -0.4 is 4.72 Å². The van der Waals surface area contributed by atoms with E-state index in [2.05, 4.69) is 17.5 Å². The van der Waals surface area contributed by atoms with Gasteiger partial charge in [0.1, 0.15) is 0 Å². The molecule has 0 rings (SSSR count). The normalized spacial score (nSPS) is 10.4. The molecule has 0 saturated carbocycles. The molecule has 0 aromatic heterocycles. The lowest BCUT2D eigenvalue weighted by atomic mass is 10.1. The Kier molecular flexibility index (Phi) is 10.5. The molecule has 0 bridgehead atoms. The van der Waals surface area contributed by atoms with Crippen molar-refractivity contribution in [2.75, 3.05) is 13.2 Å². The van der Waals surface area contributed by atoms with Gasteiger partial charge in [-0.05, 0) is 12.8 Å². The van der Waals surface area contributed by atoms with E-state index in [0.29, 0.717) is 6.61 Å². The Balaban J connectivity index is 2.69. The molecular formula is C8H19NOS. The fourth-order valence-corrected chi connectivity index (χ4v) is 1.18. The van der Waals surface area contributed by atoms with Gasteiger partial charge in [0.2, 0.25) is 0 Å². The number of rotatable bonds is 8. The van der Waals surface area contributed by atoms with Gasteiger partial charge in [-0.25, -0.2) is 0 Å². The number of nitrogens with one attached hydrogen (secondary N) is 1. The molecule has 0 spiro atoms. The van der Waals surface area contributed by atoms with Gasteiger partial charge in [-0.2, -0.15) is 0 Å². The van der Waals surface area contributed by atoms with Gasteiger partial charge in [-0.15, -0.1) is 0 Å². The van der Waals surface area contributed by atoms with Crippen LogP contribution in [0.4, 0.5) is 0 Å². The molecule has 0 aliphatic rings. The Hall–Kier alpha value is 0.270. The van der Waals surface area contributed by atoms with Crippen molar-refractivity contribution in [3.63, 3.8) is 0 Å². The quantitative estimate of drug-likeness (QED) is 0.390. The van der Waals surface area contributed by atoms with Crippen LogP contribution in [0.25, 0.3) is 0 Å². The molecule has 0 fully saturated rings. The summed E-state index contributed by atoms with van der Waals surface area (Å²) in [6, 6.07) is 0. The summed E-state index contributed by atoms with van der Waals surface area (Å²) in [6.07, 6.45) is 7.17. The Morgan fingerprint density at radius 2 is 1.45 bits per heavy atom. The van der Waals surface area contributed by atoms with Crippen molar-refractivity contribution in [2.24, 2.45) is 0 Å². The van der Waals surface area contributed by atoms with Crippen molar-refractivity contribution in [3.05, 3.63) is 0 Å². The zero-order valence-corrected chi connectivity index (χ0v) is 7.95. The predicted molar refractivity (Wildman–Crippen MR) is 51.8 cm³/mol. The van der Waals surface area contributed by atoms with Crippen LogP contribution in [0.2, 0.25) is 0 Å². The molecule has 0 aromatic rings. The van der Waals surface area contributed by atoms with Crippen LogP contribution in [0.3, 0.4) is 0 Å². The first-order chi connectivity index (χ1) is 5.41. The van der Waals surface area contributed by atoms with Gasteiger partial charge in [0.25, 0.3) is 0 Å². The van der Waals surface area contributed by atoms with Crippen LogP contribution >= 0.6 is 12.8 Å². The first-order valence-corrected chi connectivity index (χ1v) is 4.84. The number of unbranched alkanes of at least 4 members (excludes halogenated alkanes) is 5. The molecule has 0 saturated heterocycles. The van der Waals surface area contributed by atoms with Crippen molar-refractivity contribution in [3.8, 4) is 0 Å². The van der Waals surface area contributed by atoms with Crippen LogP contribution in [0, 0.1) is 0 Å². The van der Waals surface area contributed by atoms with E-state index in [-0.39, 0.29) is 0 Å². The van der Waals surface area contributed by atoms with Gasteiger partial charge in [0, 0.05) is 13.2 Å². The fraction of sp³-hybridized carbons (Fsp3) is 1.00. The minimum atomic E-state index is 0.345. The second-order valence-corrected chi connectivity index (χ2v) is 3.07. The Bertz CT molecular complexity index is 63.1. The minimum absolute atomic E-state index is 0.345. The summed E-state index contributed by atoms with van der Waals surface area (Å²) < 4.78 is 2.82. The fourth-order valence-electron chi connectivity index (χ4n) is 1.02. The molecule has 0 unspecified atom stereocenters. The maximum Gasteiger partial charge on any atom is 0.0431 e. The minimum Gasteiger partial charge on any atom is -0.396 e. The molecule has 0 amide bonds. The van der Waals surface area contributed by atoms with Gasteiger partial charge in [-0.1, -0.05) is 38.5 Å². The van der Waals surface area contributed by atoms with Crippen LogP contribution in [-0.2, 0) is 0 Å². The van der Waals surface area contributed by atoms with Crippen molar-refractivity contribution >= 4 is 12.8 Å². The van der Waals surface area contributed by atoms with E-state index in [1.807, 2.05) is 0 Å². The zero-order valence-electron chi connectivity index (χ0n) is 7.05. The molecule has 2 nitrogen and oxygen atoms in total. The van der Waals surface area contributed by atoms with E-state index >= 15 is 0 Å². The van der Waals surface area contributed by atoms with Gasteiger partial charge in [0.15, 0.2) is 0 Å². The number of aliphatic hydroxyl groups excluding tert-OH is 1. The number of aliphatic hydroxyl groups is 1.